The number of methoxy groups -OCH3 is 1. The number of ether oxygens (including phenoxy) is 1. The Hall–Kier alpha value is -1.25. The average Bonchev–Trinajstić information content (AvgIpc) is 2.72. The Balaban J connectivity index is 2.25. The molecule has 0 bridgehead atoms. The van der Waals surface area contributed by atoms with Crippen LogP contribution in [0.15, 0.2) is 23.0 Å². The zero-order valence-electron chi connectivity index (χ0n) is 10.8. The van der Waals surface area contributed by atoms with Gasteiger partial charge in [0.1, 0.15) is 5.82 Å². The van der Waals surface area contributed by atoms with Crippen LogP contribution < -0.4 is 4.87 Å². The fourth-order valence-corrected chi connectivity index (χ4v) is 3.81. The minimum Gasteiger partial charge on any atom is -0.384 e. The standard InChI is InChI=1S/C12H14FNO4S2/c1-18-6-8-20(16,17)7-5-14-10-4-2-3-9(13)11(10)19-12(14)15/h2-4H,5-8H2,1H3. The zero-order valence-corrected chi connectivity index (χ0v) is 12.5. The van der Waals surface area contributed by atoms with Crippen LogP contribution in [0.3, 0.4) is 0 Å². The summed E-state index contributed by atoms with van der Waals surface area (Å²) in [7, 11) is -1.86. The van der Waals surface area contributed by atoms with Gasteiger partial charge in [0.05, 0.1) is 28.3 Å². The summed E-state index contributed by atoms with van der Waals surface area (Å²) in [6.07, 6.45) is 0. The van der Waals surface area contributed by atoms with Crippen molar-refractivity contribution in [2.45, 2.75) is 6.54 Å². The Morgan fingerprint density at radius 1 is 1.35 bits per heavy atom. The second-order valence-electron chi connectivity index (χ2n) is 4.25. The molecule has 110 valence electrons. The molecular weight excluding hydrogens is 305 g/mol. The fraction of sp³-hybridized carbons (Fsp3) is 0.417. The van der Waals surface area contributed by atoms with E-state index in [0.29, 0.717) is 5.52 Å². The molecule has 8 heteroatoms. The molecule has 1 heterocycles. The summed E-state index contributed by atoms with van der Waals surface area (Å²) in [5, 5.41) is 0. The number of hydrogen-bond donors (Lipinski definition) is 0. The van der Waals surface area contributed by atoms with Crippen LogP contribution in [0.5, 0.6) is 0 Å². The first-order valence-corrected chi connectivity index (χ1v) is 8.55. The van der Waals surface area contributed by atoms with Crippen LogP contribution in [0.4, 0.5) is 4.39 Å². The van der Waals surface area contributed by atoms with E-state index < -0.39 is 15.7 Å². The van der Waals surface area contributed by atoms with Crippen LogP contribution in [0, 0.1) is 5.82 Å². The first kappa shape index (κ1) is 15.1. The molecule has 0 aliphatic rings. The lowest BCUT2D eigenvalue weighted by atomic mass is 10.3. The highest BCUT2D eigenvalue weighted by Crippen LogP contribution is 2.20. The van der Waals surface area contributed by atoms with E-state index in [-0.39, 0.29) is 34.2 Å². The number of aryl methyl sites for hydroxylation is 1. The third kappa shape index (κ3) is 3.25. The highest BCUT2D eigenvalue weighted by molar-refractivity contribution is 7.91. The molecule has 0 amide bonds. The molecule has 0 saturated carbocycles. The number of halogens is 1. The Labute approximate surface area is 119 Å². The summed E-state index contributed by atoms with van der Waals surface area (Å²) in [6, 6.07) is 4.38. The van der Waals surface area contributed by atoms with Gasteiger partial charge < -0.3 is 4.74 Å². The van der Waals surface area contributed by atoms with Crippen molar-refractivity contribution >= 4 is 31.4 Å². The van der Waals surface area contributed by atoms with Crippen LogP contribution in [0.1, 0.15) is 0 Å². The second-order valence-corrected chi connectivity index (χ2v) is 7.52. The predicted octanol–water partition coefficient (Wildman–Crippen LogP) is 1.26. The summed E-state index contributed by atoms with van der Waals surface area (Å²) in [6.45, 7) is 0.143. The quantitative estimate of drug-likeness (QED) is 0.804. The Morgan fingerprint density at radius 2 is 2.10 bits per heavy atom. The first-order valence-electron chi connectivity index (χ1n) is 5.92. The van der Waals surface area contributed by atoms with Crippen molar-refractivity contribution in [3.05, 3.63) is 33.7 Å². The Kier molecular flexibility index (Phi) is 4.56. The molecule has 0 unspecified atom stereocenters. The summed E-state index contributed by atoms with van der Waals surface area (Å²) in [4.78, 5) is 11.5. The number of fused-ring (bicyclic) bond motifs is 1. The van der Waals surface area contributed by atoms with Gasteiger partial charge in [0.15, 0.2) is 9.84 Å². The first-order chi connectivity index (χ1) is 9.44. The van der Waals surface area contributed by atoms with Crippen LogP contribution in [-0.2, 0) is 21.1 Å². The smallest absolute Gasteiger partial charge is 0.308 e. The summed E-state index contributed by atoms with van der Waals surface area (Å²) in [5.74, 6) is -0.724. The minimum absolute atomic E-state index is 0.0222. The van der Waals surface area contributed by atoms with E-state index >= 15 is 0 Å². The van der Waals surface area contributed by atoms with Crippen LogP contribution >= 0.6 is 11.3 Å². The van der Waals surface area contributed by atoms with Gasteiger partial charge in [0.25, 0.3) is 0 Å². The van der Waals surface area contributed by atoms with Gasteiger partial charge in [0, 0.05) is 13.7 Å². The number of aromatic nitrogens is 1. The van der Waals surface area contributed by atoms with Crippen molar-refractivity contribution in [2.24, 2.45) is 0 Å². The summed E-state index contributed by atoms with van der Waals surface area (Å²) < 4.78 is 43.3. The van der Waals surface area contributed by atoms with Crippen molar-refractivity contribution in [3.8, 4) is 0 Å². The van der Waals surface area contributed by atoms with Gasteiger partial charge >= 0.3 is 4.87 Å². The molecule has 1 aromatic heterocycles. The van der Waals surface area contributed by atoms with E-state index in [0.717, 1.165) is 11.3 Å². The number of sulfone groups is 1. The largest absolute Gasteiger partial charge is 0.384 e. The van der Waals surface area contributed by atoms with Crippen molar-refractivity contribution in [3.63, 3.8) is 0 Å². The van der Waals surface area contributed by atoms with Gasteiger partial charge in [-0.25, -0.2) is 12.8 Å². The number of rotatable bonds is 6. The van der Waals surface area contributed by atoms with Crippen LogP contribution in [-0.4, -0.2) is 38.2 Å². The third-order valence-corrected chi connectivity index (χ3v) is 5.47. The third-order valence-electron chi connectivity index (χ3n) is 2.87. The number of thiazole rings is 1. The molecule has 0 saturated heterocycles. The van der Waals surface area contributed by atoms with E-state index in [9.17, 15) is 17.6 Å². The van der Waals surface area contributed by atoms with Crippen molar-refractivity contribution in [1.82, 2.24) is 4.57 Å². The number of benzene rings is 1. The summed E-state index contributed by atoms with van der Waals surface area (Å²) in [5.41, 5.74) is 0.432. The average molecular weight is 319 g/mol. The van der Waals surface area contributed by atoms with E-state index in [2.05, 4.69) is 0 Å². The predicted molar refractivity (Wildman–Crippen MR) is 76.6 cm³/mol. The van der Waals surface area contributed by atoms with Crippen LogP contribution in [0.25, 0.3) is 10.2 Å². The van der Waals surface area contributed by atoms with Gasteiger partial charge in [-0.15, -0.1) is 0 Å². The van der Waals surface area contributed by atoms with Crippen molar-refractivity contribution < 1.29 is 17.5 Å². The molecule has 5 nitrogen and oxygen atoms in total. The van der Waals surface area contributed by atoms with Crippen molar-refractivity contribution in [1.29, 1.82) is 0 Å². The molecule has 2 aromatic rings. The van der Waals surface area contributed by atoms with E-state index in [1.807, 2.05) is 0 Å². The van der Waals surface area contributed by atoms with Gasteiger partial charge in [-0.2, -0.15) is 0 Å². The maximum atomic E-state index is 13.5. The lowest BCUT2D eigenvalue weighted by Gasteiger charge is -2.05. The molecular formula is C12H14FNO4S2. The number of hydrogen-bond acceptors (Lipinski definition) is 5. The maximum absolute atomic E-state index is 13.5. The molecule has 0 aliphatic heterocycles. The molecule has 0 spiro atoms. The Morgan fingerprint density at radius 3 is 2.80 bits per heavy atom. The second kappa shape index (κ2) is 6.02. The molecule has 0 radical (unpaired) electrons. The van der Waals surface area contributed by atoms with Crippen molar-refractivity contribution in [2.75, 3.05) is 25.2 Å². The van der Waals surface area contributed by atoms with Gasteiger partial charge in [-0.1, -0.05) is 17.4 Å². The topological polar surface area (TPSA) is 65.4 Å². The van der Waals surface area contributed by atoms with Gasteiger partial charge in [0.2, 0.25) is 0 Å². The number of nitrogens with zero attached hydrogens (tertiary/aromatic N) is 1. The molecule has 0 atom stereocenters. The molecule has 0 N–H and O–H groups in total. The lowest BCUT2D eigenvalue weighted by molar-refractivity contribution is 0.217. The highest BCUT2D eigenvalue weighted by Gasteiger charge is 2.15. The fourth-order valence-electron chi connectivity index (χ4n) is 1.81. The molecule has 0 fully saturated rings. The van der Waals surface area contributed by atoms with Gasteiger partial charge in [-0.3, -0.25) is 9.36 Å². The summed E-state index contributed by atoms with van der Waals surface area (Å²) >= 11 is 0.787. The minimum atomic E-state index is -3.29. The van der Waals surface area contributed by atoms with E-state index in [1.54, 1.807) is 6.07 Å². The zero-order chi connectivity index (χ0) is 14.8. The molecule has 20 heavy (non-hydrogen) atoms. The molecule has 0 aliphatic carbocycles. The van der Waals surface area contributed by atoms with E-state index in [1.165, 1.54) is 23.8 Å². The van der Waals surface area contributed by atoms with Crippen LogP contribution in [0.2, 0.25) is 0 Å². The lowest BCUT2D eigenvalue weighted by Crippen LogP contribution is -2.22. The Bertz CT molecular complexity index is 763. The van der Waals surface area contributed by atoms with Gasteiger partial charge in [-0.05, 0) is 12.1 Å². The highest BCUT2D eigenvalue weighted by atomic mass is 32.2. The van der Waals surface area contributed by atoms with E-state index in [4.69, 9.17) is 4.74 Å². The molecule has 1 aromatic carbocycles. The SMILES string of the molecule is COCCS(=O)(=O)CCn1c(=O)sc2c(F)cccc21. The monoisotopic (exact) mass is 319 g/mol. The maximum Gasteiger partial charge on any atom is 0.308 e. The normalized spacial score (nSPS) is 12.1. The molecule has 2 rings (SSSR count).